The lowest BCUT2D eigenvalue weighted by atomic mass is 10.0. The molecule has 1 aromatic carbocycles. The lowest BCUT2D eigenvalue weighted by Crippen LogP contribution is -2.49. The van der Waals surface area contributed by atoms with Gasteiger partial charge in [-0.2, -0.15) is 0 Å². The number of carbonyl (C=O) groups is 2. The summed E-state index contributed by atoms with van der Waals surface area (Å²) in [5, 5.41) is 21.7. The van der Waals surface area contributed by atoms with E-state index in [2.05, 4.69) is 10.3 Å². The summed E-state index contributed by atoms with van der Waals surface area (Å²) in [6.45, 7) is 4.44. The molecule has 2 aromatic rings. The first-order valence-electron chi connectivity index (χ1n) is 9.19. The van der Waals surface area contributed by atoms with Crippen molar-refractivity contribution in [2.75, 3.05) is 0 Å². The minimum absolute atomic E-state index is 0.103. The molecule has 8 heteroatoms. The number of aliphatic carboxylic acids is 2. The Balaban J connectivity index is 1.98. The van der Waals surface area contributed by atoms with E-state index in [1.165, 1.54) is 0 Å². The van der Waals surface area contributed by atoms with Crippen molar-refractivity contribution in [2.24, 2.45) is 5.92 Å². The Bertz CT molecular complexity index is 760. The molecule has 0 fully saturated rings. The molecule has 2 atom stereocenters. The lowest BCUT2D eigenvalue weighted by Gasteiger charge is -2.22. The first-order chi connectivity index (χ1) is 13.4. The summed E-state index contributed by atoms with van der Waals surface area (Å²) < 4.78 is 7.40. The molecule has 0 saturated heterocycles. The monoisotopic (exact) mass is 389 g/mol. The number of benzene rings is 1. The summed E-state index contributed by atoms with van der Waals surface area (Å²) in [4.78, 5) is 27.2. The molecule has 0 aliphatic carbocycles. The van der Waals surface area contributed by atoms with Gasteiger partial charge in [-0.05, 0) is 17.9 Å². The molecule has 0 amide bonds. The van der Waals surface area contributed by atoms with E-state index in [9.17, 15) is 19.8 Å². The molecule has 0 radical (unpaired) electrons. The number of imidazole rings is 1. The number of rotatable bonds is 12. The molecule has 0 aliphatic rings. The van der Waals surface area contributed by atoms with E-state index in [0.717, 1.165) is 5.56 Å². The summed E-state index contributed by atoms with van der Waals surface area (Å²) in [6.07, 6.45) is 3.59. The van der Waals surface area contributed by atoms with Crippen LogP contribution in [0, 0.1) is 5.92 Å². The molecular weight excluding hydrogens is 362 g/mol. The van der Waals surface area contributed by atoms with Gasteiger partial charge in [0.05, 0.1) is 12.9 Å². The highest BCUT2D eigenvalue weighted by Crippen LogP contribution is 2.10. The normalized spacial score (nSPS) is 13.4. The number of nitrogens with zero attached hydrogens (tertiary/aromatic N) is 2. The number of carboxylic acids is 2. The third-order valence-corrected chi connectivity index (χ3v) is 4.26. The van der Waals surface area contributed by atoms with Crippen LogP contribution in [0.25, 0.3) is 0 Å². The van der Waals surface area contributed by atoms with Crippen LogP contribution in [0.2, 0.25) is 0 Å². The summed E-state index contributed by atoms with van der Waals surface area (Å²) >= 11 is 0. The average Bonchev–Trinajstić information content (AvgIpc) is 3.08. The van der Waals surface area contributed by atoms with Crippen molar-refractivity contribution in [1.82, 2.24) is 14.9 Å². The number of ether oxygens (including phenoxy) is 1. The van der Waals surface area contributed by atoms with Gasteiger partial charge < -0.3 is 19.5 Å². The van der Waals surface area contributed by atoms with Gasteiger partial charge in [0.25, 0.3) is 0 Å². The van der Waals surface area contributed by atoms with Gasteiger partial charge in [-0.25, -0.2) is 4.98 Å². The third kappa shape index (κ3) is 6.79. The molecule has 0 aliphatic heterocycles. The summed E-state index contributed by atoms with van der Waals surface area (Å²) in [7, 11) is 0. The van der Waals surface area contributed by atoms with Gasteiger partial charge in [-0.3, -0.25) is 14.9 Å². The van der Waals surface area contributed by atoms with Crippen LogP contribution in [0.5, 0.6) is 0 Å². The van der Waals surface area contributed by atoms with E-state index in [-0.39, 0.29) is 19.1 Å². The zero-order valence-corrected chi connectivity index (χ0v) is 16.1. The van der Waals surface area contributed by atoms with Gasteiger partial charge >= 0.3 is 11.9 Å². The van der Waals surface area contributed by atoms with Gasteiger partial charge in [0.1, 0.15) is 18.8 Å². The highest BCUT2D eigenvalue weighted by Gasteiger charge is 2.27. The van der Waals surface area contributed by atoms with E-state index < -0.39 is 24.0 Å². The SMILES string of the molecule is CC(C)C[C@H](N[C@@H](Cc1cncn1COCc1ccccc1)C(=O)O)C(=O)O. The molecule has 0 saturated carbocycles. The maximum atomic E-state index is 11.7. The number of hydrogen-bond acceptors (Lipinski definition) is 5. The predicted molar refractivity (Wildman–Crippen MR) is 103 cm³/mol. The largest absolute Gasteiger partial charge is 0.480 e. The molecule has 0 bridgehead atoms. The molecule has 3 N–H and O–H groups in total. The van der Waals surface area contributed by atoms with E-state index in [1.54, 1.807) is 17.1 Å². The number of aromatic nitrogens is 2. The number of nitrogens with one attached hydrogen (secondary N) is 1. The number of hydrogen-bond donors (Lipinski definition) is 3. The van der Waals surface area contributed by atoms with Gasteiger partial charge in [-0.15, -0.1) is 0 Å². The molecule has 1 heterocycles. The first kappa shape index (κ1) is 21.6. The van der Waals surface area contributed by atoms with Gasteiger partial charge in [-0.1, -0.05) is 44.2 Å². The van der Waals surface area contributed by atoms with Gasteiger partial charge in [0.15, 0.2) is 0 Å². The molecule has 28 heavy (non-hydrogen) atoms. The molecule has 8 nitrogen and oxygen atoms in total. The molecule has 152 valence electrons. The molecule has 0 unspecified atom stereocenters. The Kier molecular flexibility index (Phi) is 8.16. The van der Waals surface area contributed by atoms with Crippen molar-refractivity contribution in [3.05, 3.63) is 54.1 Å². The van der Waals surface area contributed by atoms with Gasteiger partial charge in [0, 0.05) is 18.3 Å². The smallest absolute Gasteiger partial charge is 0.321 e. The maximum Gasteiger partial charge on any atom is 0.321 e. The van der Waals surface area contributed by atoms with Crippen molar-refractivity contribution in [1.29, 1.82) is 0 Å². The Morgan fingerprint density at radius 2 is 1.82 bits per heavy atom. The molecular formula is C20H27N3O5. The topological polar surface area (TPSA) is 114 Å². The Morgan fingerprint density at radius 3 is 2.43 bits per heavy atom. The fourth-order valence-corrected chi connectivity index (χ4v) is 2.85. The average molecular weight is 389 g/mol. The van der Waals surface area contributed by atoms with E-state index in [4.69, 9.17) is 4.74 Å². The predicted octanol–water partition coefficient (Wildman–Crippen LogP) is 2.14. The van der Waals surface area contributed by atoms with Crippen molar-refractivity contribution >= 4 is 11.9 Å². The van der Waals surface area contributed by atoms with E-state index in [0.29, 0.717) is 18.7 Å². The Morgan fingerprint density at radius 1 is 1.14 bits per heavy atom. The Hall–Kier alpha value is -2.71. The van der Waals surface area contributed by atoms with Crippen LogP contribution in [-0.4, -0.2) is 43.8 Å². The highest BCUT2D eigenvalue weighted by molar-refractivity contribution is 5.77. The minimum atomic E-state index is -1.10. The van der Waals surface area contributed by atoms with Crippen LogP contribution in [0.15, 0.2) is 42.9 Å². The van der Waals surface area contributed by atoms with Crippen LogP contribution >= 0.6 is 0 Å². The molecule has 2 rings (SSSR count). The number of carboxylic acid groups (broad SMARTS) is 2. The highest BCUT2D eigenvalue weighted by atomic mass is 16.5. The summed E-state index contributed by atoms with van der Waals surface area (Å²) in [5.74, 6) is -2.03. The van der Waals surface area contributed by atoms with Crippen LogP contribution in [-0.2, 0) is 34.1 Å². The van der Waals surface area contributed by atoms with Crippen molar-refractivity contribution in [2.45, 2.75) is 52.1 Å². The standard InChI is InChI=1S/C20H27N3O5/c1-14(2)8-17(19(24)25)22-18(20(26)27)9-16-10-21-12-23(16)13-28-11-15-6-4-3-5-7-15/h3-7,10,12,14,17-18,22H,8-9,11,13H2,1-2H3,(H,24,25)(H,26,27)/t17-,18-/m0/s1. The van der Waals surface area contributed by atoms with Crippen LogP contribution in [0.3, 0.4) is 0 Å². The van der Waals surface area contributed by atoms with Crippen LogP contribution in [0.1, 0.15) is 31.5 Å². The quantitative estimate of drug-likeness (QED) is 0.510. The minimum Gasteiger partial charge on any atom is -0.480 e. The van der Waals surface area contributed by atoms with Gasteiger partial charge in [0.2, 0.25) is 0 Å². The fourth-order valence-electron chi connectivity index (χ4n) is 2.85. The second-order valence-electron chi connectivity index (χ2n) is 7.10. The second kappa shape index (κ2) is 10.6. The zero-order chi connectivity index (χ0) is 20.5. The zero-order valence-electron chi connectivity index (χ0n) is 16.1. The van der Waals surface area contributed by atoms with E-state index >= 15 is 0 Å². The van der Waals surface area contributed by atoms with Crippen molar-refractivity contribution < 1.29 is 24.5 Å². The second-order valence-corrected chi connectivity index (χ2v) is 7.10. The van der Waals surface area contributed by atoms with Crippen molar-refractivity contribution in [3.8, 4) is 0 Å². The fraction of sp³-hybridized carbons (Fsp3) is 0.450. The third-order valence-electron chi connectivity index (χ3n) is 4.26. The van der Waals surface area contributed by atoms with E-state index in [1.807, 2.05) is 44.2 Å². The first-order valence-corrected chi connectivity index (χ1v) is 9.19. The van der Waals surface area contributed by atoms with Crippen LogP contribution in [0.4, 0.5) is 0 Å². The Labute approximate surface area is 164 Å². The molecule has 0 spiro atoms. The van der Waals surface area contributed by atoms with Crippen LogP contribution < -0.4 is 5.32 Å². The molecule has 1 aromatic heterocycles. The summed E-state index contributed by atoms with van der Waals surface area (Å²) in [6, 6.07) is 7.75. The maximum absolute atomic E-state index is 11.7. The van der Waals surface area contributed by atoms with Crippen molar-refractivity contribution in [3.63, 3.8) is 0 Å². The summed E-state index contributed by atoms with van der Waals surface area (Å²) in [5.41, 5.74) is 1.69. The lowest BCUT2D eigenvalue weighted by molar-refractivity contribution is -0.142.